The fourth-order valence-corrected chi connectivity index (χ4v) is 2.26. The third-order valence-corrected chi connectivity index (χ3v) is 3.18. The van der Waals surface area contributed by atoms with Crippen LogP contribution >= 0.6 is 0 Å². The van der Waals surface area contributed by atoms with E-state index >= 15 is 0 Å². The Kier molecular flexibility index (Phi) is 4.42. The van der Waals surface area contributed by atoms with Crippen LogP contribution in [0.2, 0.25) is 0 Å². The molecule has 0 aromatic carbocycles. The van der Waals surface area contributed by atoms with Crippen molar-refractivity contribution in [2.24, 2.45) is 11.8 Å². The number of esters is 1. The molecule has 2 unspecified atom stereocenters. The summed E-state index contributed by atoms with van der Waals surface area (Å²) in [4.78, 5) is 22.7. The maximum absolute atomic E-state index is 11.4. The highest BCUT2D eigenvalue weighted by Crippen LogP contribution is 2.38. The van der Waals surface area contributed by atoms with Crippen molar-refractivity contribution < 1.29 is 24.5 Å². The van der Waals surface area contributed by atoms with Crippen LogP contribution in [-0.2, 0) is 14.3 Å². The van der Waals surface area contributed by atoms with Gasteiger partial charge in [-0.2, -0.15) is 0 Å². The molecule has 0 radical (unpaired) electrons. The van der Waals surface area contributed by atoms with Crippen molar-refractivity contribution >= 4 is 11.8 Å². The maximum atomic E-state index is 11.4. The van der Waals surface area contributed by atoms with Gasteiger partial charge in [0.1, 0.15) is 5.78 Å². The molecule has 5 heteroatoms. The Morgan fingerprint density at radius 3 is 2.71 bits per heavy atom. The molecule has 1 fully saturated rings. The Hall–Kier alpha value is -1.20. The van der Waals surface area contributed by atoms with E-state index in [9.17, 15) is 19.8 Å². The lowest BCUT2D eigenvalue weighted by molar-refractivity contribution is -0.229. The Labute approximate surface area is 100 Å². The molecule has 1 rings (SSSR count). The molecule has 17 heavy (non-hydrogen) atoms. The van der Waals surface area contributed by atoms with Gasteiger partial charge >= 0.3 is 5.97 Å². The Bertz CT molecular complexity index is 332. The molecule has 0 saturated heterocycles. The summed E-state index contributed by atoms with van der Waals surface area (Å²) in [7, 11) is 1.08. The third kappa shape index (κ3) is 2.92. The van der Waals surface area contributed by atoms with Crippen LogP contribution in [0.1, 0.15) is 26.2 Å². The first-order chi connectivity index (χ1) is 7.93. The molecule has 0 aliphatic heterocycles. The number of Topliss-reactive ketones (excluding diaryl/α,β-unsaturated/α-hetero) is 1. The highest BCUT2D eigenvalue weighted by Gasteiger charge is 2.51. The molecule has 0 spiro atoms. The van der Waals surface area contributed by atoms with Crippen molar-refractivity contribution in [1.29, 1.82) is 0 Å². The quantitative estimate of drug-likeness (QED) is 0.423. The lowest BCUT2D eigenvalue weighted by Crippen LogP contribution is -2.48. The number of rotatable bonds is 4. The minimum absolute atomic E-state index is 0.00429. The summed E-state index contributed by atoms with van der Waals surface area (Å²) in [6.07, 6.45) is 4.50. The van der Waals surface area contributed by atoms with E-state index in [2.05, 4.69) is 4.74 Å². The van der Waals surface area contributed by atoms with Gasteiger partial charge in [0, 0.05) is 18.8 Å². The van der Waals surface area contributed by atoms with E-state index in [1.807, 2.05) is 19.1 Å². The average Bonchev–Trinajstić information content (AvgIpc) is 2.67. The summed E-state index contributed by atoms with van der Waals surface area (Å²) >= 11 is 0. The summed E-state index contributed by atoms with van der Waals surface area (Å²) < 4.78 is 4.35. The van der Waals surface area contributed by atoms with Crippen molar-refractivity contribution in [2.45, 2.75) is 32.0 Å². The van der Waals surface area contributed by atoms with Crippen molar-refractivity contribution in [3.05, 3.63) is 12.2 Å². The number of hydrogen-bond acceptors (Lipinski definition) is 5. The second-order valence-corrected chi connectivity index (χ2v) is 4.34. The van der Waals surface area contributed by atoms with Gasteiger partial charge in [-0.3, -0.25) is 4.79 Å². The zero-order chi connectivity index (χ0) is 13.1. The fraction of sp³-hybridized carbons (Fsp3) is 0.667. The molecule has 0 amide bonds. The summed E-state index contributed by atoms with van der Waals surface area (Å²) in [6, 6.07) is 0. The average molecular weight is 242 g/mol. The SMILES string of the molecule is C/C=C\CC1CC(=O)CC1C(O)(O)C(=O)OC. The van der Waals surface area contributed by atoms with E-state index in [0.29, 0.717) is 6.42 Å². The van der Waals surface area contributed by atoms with E-state index in [-0.39, 0.29) is 24.5 Å². The van der Waals surface area contributed by atoms with E-state index in [1.165, 1.54) is 0 Å². The summed E-state index contributed by atoms with van der Waals surface area (Å²) in [5.41, 5.74) is 0. The topological polar surface area (TPSA) is 83.8 Å². The second-order valence-electron chi connectivity index (χ2n) is 4.34. The van der Waals surface area contributed by atoms with Gasteiger partial charge in [-0.1, -0.05) is 12.2 Å². The monoisotopic (exact) mass is 242 g/mol. The van der Waals surface area contributed by atoms with Crippen LogP contribution in [0.25, 0.3) is 0 Å². The summed E-state index contributed by atoms with van der Waals surface area (Å²) in [5, 5.41) is 19.5. The number of hydrogen-bond donors (Lipinski definition) is 2. The number of carbonyl (C=O) groups excluding carboxylic acids is 2. The third-order valence-electron chi connectivity index (χ3n) is 3.18. The molecule has 1 aliphatic rings. The van der Waals surface area contributed by atoms with Crippen molar-refractivity contribution in [3.63, 3.8) is 0 Å². The van der Waals surface area contributed by atoms with Gasteiger partial charge in [-0.05, 0) is 19.3 Å². The zero-order valence-corrected chi connectivity index (χ0v) is 10.0. The predicted octanol–water partition coefficient (Wildman–Crippen LogP) is 0.402. The van der Waals surface area contributed by atoms with Gasteiger partial charge in [0.25, 0.3) is 5.79 Å². The highest BCUT2D eigenvalue weighted by atomic mass is 16.6. The van der Waals surface area contributed by atoms with Crippen LogP contribution in [0.5, 0.6) is 0 Å². The number of allylic oxidation sites excluding steroid dienone is 2. The number of ketones is 1. The molecule has 0 heterocycles. The Morgan fingerprint density at radius 2 is 2.18 bits per heavy atom. The Morgan fingerprint density at radius 1 is 1.53 bits per heavy atom. The van der Waals surface area contributed by atoms with Gasteiger partial charge in [0.05, 0.1) is 7.11 Å². The van der Waals surface area contributed by atoms with Crippen LogP contribution in [-0.4, -0.2) is 34.9 Å². The molecule has 0 aromatic rings. The van der Waals surface area contributed by atoms with Crippen molar-refractivity contribution in [3.8, 4) is 0 Å². The molecular formula is C12H18O5. The molecule has 0 aromatic heterocycles. The van der Waals surface area contributed by atoms with Gasteiger partial charge in [-0.25, -0.2) is 4.79 Å². The summed E-state index contributed by atoms with van der Waals surface area (Å²) in [5.74, 6) is -4.76. The molecule has 0 bridgehead atoms. The molecule has 5 nitrogen and oxygen atoms in total. The minimum Gasteiger partial charge on any atom is -0.465 e. The molecule has 1 aliphatic carbocycles. The number of aliphatic hydroxyl groups is 2. The molecule has 1 saturated carbocycles. The van der Waals surface area contributed by atoms with Crippen LogP contribution in [0, 0.1) is 11.8 Å². The number of carbonyl (C=O) groups is 2. The van der Waals surface area contributed by atoms with E-state index in [0.717, 1.165) is 7.11 Å². The van der Waals surface area contributed by atoms with Gasteiger partial charge in [0.2, 0.25) is 0 Å². The van der Waals surface area contributed by atoms with Crippen molar-refractivity contribution in [2.75, 3.05) is 7.11 Å². The van der Waals surface area contributed by atoms with E-state index in [1.54, 1.807) is 0 Å². The first-order valence-electron chi connectivity index (χ1n) is 5.59. The molecule has 2 atom stereocenters. The lowest BCUT2D eigenvalue weighted by atomic mass is 9.85. The molecule has 96 valence electrons. The first-order valence-corrected chi connectivity index (χ1v) is 5.59. The second kappa shape index (κ2) is 5.42. The molecule has 2 N–H and O–H groups in total. The van der Waals surface area contributed by atoms with E-state index in [4.69, 9.17) is 0 Å². The van der Waals surface area contributed by atoms with Crippen LogP contribution in [0.4, 0.5) is 0 Å². The fourth-order valence-electron chi connectivity index (χ4n) is 2.26. The Balaban J connectivity index is 2.85. The smallest absolute Gasteiger partial charge is 0.366 e. The highest BCUT2D eigenvalue weighted by molar-refractivity contribution is 5.84. The van der Waals surface area contributed by atoms with E-state index < -0.39 is 17.7 Å². The minimum atomic E-state index is -2.58. The van der Waals surface area contributed by atoms with Crippen LogP contribution in [0.15, 0.2) is 12.2 Å². The molecular weight excluding hydrogens is 224 g/mol. The number of methoxy groups -OCH3 is 1. The van der Waals surface area contributed by atoms with Gasteiger partial charge < -0.3 is 14.9 Å². The first kappa shape index (κ1) is 13.9. The van der Waals surface area contributed by atoms with Crippen LogP contribution in [0.3, 0.4) is 0 Å². The largest absolute Gasteiger partial charge is 0.465 e. The predicted molar refractivity (Wildman–Crippen MR) is 59.8 cm³/mol. The van der Waals surface area contributed by atoms with Crippen molar-refractivity contribution in [1.82, 2.24) is 0 Å². The normalized spacial score (nSPS) is 25.5. The maximum Gasteiger partial charge on any atom is 0.366 e. The number of ether oxygens (including phenoxy) is 1. The summed E-state index contributed by atoms with van der Waals surface area (Å²) in [6.45, 7) is 1.84. The standard InChI is InChI=1S/C12H18O5/c1-3-4-5-8-6-9(13)7-10(8)12(15,16)11(14)17-2/h3-4,8,10,15-16H,5-7H2,1-2H3/b4-3-. The van der Waals surface area contributed by atoms with Gasteiger partial charge in [0.15, 0.2) is 0 Å². The zero-order valence-electron chi connectivity index (χ0n) is 10.0. The van der Waals surface area contributed by atoms with Gasteiger partial charge in [-0.15, -0.1) is 0 Å². The van der Waals surface area contributed by atoms with Crippen LogP contribution < -0.4 is 0 Å². The lowest BCUT2D eigenvalue weighted by Gasteiger charge is -2.28.